The van der Waals surface area contributed by atoms with Crippen LogP contribution in [0.15, 0.2) is 77.6 Å². The normalized spacial score (nSPS) is 10.3. The van der Waals surface area contributed by atoms with Crippen LogP contribution in [0.25, 0.3) is 5.69 Å². The molecule has 0 atom stereocenters. The number of nitrogens with one attached hydrogen (secondary N) is 1. The molecule has 0 unspecified atom stereocenters. The highest BCUT2D eigenvalue weighted by molar-refractivity contribution is 5.92. The van der Waals surface area contributed by atoms with E-state index < -0.39 is 0 Å². The molecular weight excluding hydrogens is 290 g/mol. The van der Waals surface area contributed by atoms with Crippen LogP contribution in [0.2, 0.25) is 0 Å². The van der Waals surface area contributed by atoms with Gasteiger partial charge in [-0.3, -0.25) is 9.59 Å². The summed E-state index contributed by atoms with van der Waals surface area (Å²) in [6.07, 6.45) is 0. The van der Waals surface area contributed by atoms with Gasteiger partial charge >= 0.3 is 0 Å². The van der Waals surface area contributed by atoms with Gasteiger partial charge in [0, 0.05) is 12.6 Å². The number of amides is 1. The summed E-state index contributed by atoms with van der Waals surface area (Å²) in [7, 11) is 0. The molecule has 3 aromatic rings. The van der Waals surface area contributed by atoms with Gasteiger partial charge in [0.15, 0.2) is 0 Å². The molecule has 0 bridgehead atoms. The molecule has 23 heavy (non-hydrogen) atoms. The fourth-order valence-corrected chi connectivity index (χ4v) is 2.16. The summed E-state index contributed by atoms with van der Waals surface area (Å²) >= 11 is 0. The number of aromatic nitrogens is 2. The van der Waals surface area contributed by atoms with Gasteiger partial charge in [-0.05, 0) is 23.8 Å². The van der Waals surface area contributed by atoms with Crippen molar-refractivity contribution in [3.8, 4) is 5.69 Å². The molecule has 0 fully saturated rings. The van der Waals surface area contributed by atoms with Gasteiger partial charge in [-0.2, -0.15) is 9.78 Å². The minimum atomic E-state index is -0.321. The number of carbonyl (C=O) groups excluding carboxylic acids is 1. The van der Waals surface area contributed by atoms with Crippen molar-refractivity contribution in [3.63, 3.8) is 0 Å². The average Bonchev–Trinajstić information content (AvgIpc) is 2.62. The average molecular weight is 305 g/mol. The number of nitrogens with zero attached hydrogens (tertiary/aromatic N) is 2. The van der Waals surface area contributed by atoms with Crippen LogP contribution in [0.5, 0.6) is 0 Å². The van der Waals surface area contributed by atoms with Crippen LogP contribution in [-0.2, 0) is 6.54 Å². The van der Waals surface area contributed by atoms with Crippen LogP contribution < -0.4 is 10.9 Å². The lowest BCUT2D eigenvalue weighted by Crippen LogP contribution is -2.28. The van der Waals surface area contributed by atoms with Crippen LogP contribution >= 0.6 is 0 Å². The van der Waals surface area contributed by atoms with Gasteiger partial charge in [0.1, 0.15) is 5.69 Å². The third kappa shape index (κ3) is 3.52. The second-order valence-corrected chi connectivity index (χ2v) is 4.97. The quantitative estimate of drug-likeness (QED) is 0.803. The van der Waals surface area contributed by atoms with Gasteiger partial charge in [-0.15, -0.1) is 0 Å². The van der Waals surface area contributed by atoms with E-state index in [-0.39, 0.29) is 17.2 Å². The maximum atomic E-state index is 12.2. The smallest absolute Gasteiger partial charge is 0.272 e. The minimum Gasteiger partial charge on any atom is -0.347 e. The van der Waals surface area contributed by atoms with E-state index in [1.165, 1.54) is 16.8 Å². The van der Waals surface area contributed by atoms with Gasteiger partial charge in [0.05, 0.1) is 5.69 Å². The first kappa shape index (κ1) is 14.7. The predicted molar refractivity (Wildman–Crippen MR) is 87.4 cm³/mol. The largest absolute Gasteiger partial charge is 0.347 e. The van der Waals surface area contributed by atoms with Gasteiger partial charge in [-0.25, -0.2) is 0 Å². The van der Waals surface area contributed by atoms with Gasteiger partial charge in [0.2, 0.25) is 0 Å². The van der Waals surface area contributed by atoms with Gasteiger partial charge in [-0.1, -0.05) is 48.5 Å². The Labute approximate surface area is 133 Å². The molecule has 0 aliphatic rings. The van der Waals surface area contributed by atoms with Crippen molar-refractivity contribution in [1.82, 2.24) is 15.1 Å². The monoisotopic (exact) mass is 305 g/mol. The zero-order valence-electron chi connectivity index (χ0n) is 12.3. The van der Waals surface area contributed by atoms with Crippen molar-refractivity contribution in [2.24, 2.45) is 0 Å². The lowest BCUT2D eigenvalue weighted by atomic mass is 10.2. The van der Waals surface area contributed by atoms with Gasteiger partial charge < -0.3 is 5.32 Å². The van der Waals surface area contributed by atoms with Crippen molar-refractivity contribution in [2.45, 2.75) is 6.54 Å². The van der Waals surface area contributed by atoms with E-state index in [4.69, 9.17) is 0 Å². The molecule has 114 valence electrons. The maximum absolute atomic E-state index is 12.2. The molecule has 0 radical (unpaired) electrons. The number of para-hydroxylation sites is 1. The predicted octanol–water partition coefficient (Wildman–Crippen LogP) is 2.16. The lowest BCUT2D eigenvalue weighted by molar-refractivity contribution is 0.0944. The molecule has 1 N–H and O–H groups in total. The van der Waals surface area contributed by atoms with Crippen LogP contribution in [0.3, 0.4) is 0 Å². The fourth-order valence-electron chi connectivity index (χ4n) is 2.16. The maximum Gasteiger partial charge on any atom is 0.272 e. The van der Waals surface area contributed by atoms with E-state index in [1.807, 2.05) is 48.5 Å². The molecule has 5 nitrogen and oxygen atoms in total. The highest BCUT2D eigenvalue weighted by Crippen LogP contribution is 2.03. The Balaban J connectivity index is 1.80. The number of carbonyl (C=O) groups is 1. The van der Waals surface area contributed by atoms with E-state index in [2.05, 4.69) is 10.4 Å². The molecule has 1 heterocycles. The van der Waals surface area contributed by atoms with Crippen molar-refractivity contribution in [1.29, 1.82) is 0 Å². The van der Waals surface area contributed by atoms with Crippen LogP contribution in [0.1, 0.15) is 16.1 Å². The molecule has 2 aromatic carbocycles. The first-order valence-electron chi connectivity index (χ1n) is 7.22. The highest BCUT2D eigenvalue weighted by Gasteiger charge is 2.10. The van der Waals surface area contributed by atoms with Crippen LogP contribution in [-0.4, -0.2) is 15.7 Å². The Kier molecular flexibility index (Phi) is 4.29. The summed E-state index contributed by atoms with van der Waals surface area (Å²) in [6, 6.07) is 21.4. The number of hydrogen-bond donors (Lipinski definition) is 1. The first-order chi connectivity index (χ1) is 11.2. The Morgan fingerprint density at radius 2 is 1.57 bits per heavy atom. The Morgan fingerprint density at radius 3 is 2.26 bits per heavy atom. The molecule has 0 aliphatic carbocycles. The number of hydrogen-bond acceptors (Lipinski definition) is 3. The Morgan fingerprint density at radius 1 is 0.913 bits per heavy atom. The van der Waals surface area contributed by atoms with E-state index in [1.54, 1.807) is 12.1 Å². The van der Waals surface area contributed by atoms with Crippen LogP contribution in [0.4, 0.5) is 0 Å². The Hall–Kier alpha value is -3.21. The lowest BCUT2D eigenvalue weighted by Gasteiger charge is -2.08. The molecule has 5 heteroatoms. The molecule has 1 aromatic heterocycles. The van der Waals surface area contributed by atoms with Crippen LogP contribution in [0, 0.1) is 0 Å². The molecule has 0 saturated carbocycles. The summed E-state index contributed by atoms with van der Waals surface area (Å²) in [5.41, 5.74) is 1.53. The standard InChI is InChI=1S/C18H15N3O2/c22-17-12-11-16(20-21(17)15-9-5-2-6-10-15)18(23)19-13-14-7-3-1-4-8-14/h1-12H,13H2,(H,19,23). The second-order valence-electron chi connectivity index (χ2n) is 4.97. The topological polar surface area (TPSA) is 64.0 Å². The fraction of sp³-hybridized carbons (Fsp3) is 0.0556. The van der Waals surface area contributed by atoms with E-state index in [0.717, 1.165) is 5.56 Å². The Bertz CT molecular complexity index is 858. The van der Waals surface area contributed by atoms with Crippen molar-refractivity contribution >= 4 is 5.91 Å². The van der Waals surface area contributed by atoms with E-state index in [0.29, 0.717) is 12.2 Å². The summed E-state index contributed by atoms with van der Waals surface area (Å²) < 4.78 is 1.22. The summed E-state index contributed by atoms with van der Waals surface area (Å²) in [4.78, 5) is 24.2. The van der Waals surface area contributed by atoms with E-state index in [9.17, 15) is 9.59 Å². The number of rotatable bonds is 4. The third-order valence-corrected chi connectivity index (χ3v) is 3.33. The van der Waals surface area contributed by atoms with Crippen molar-refractivity contribution in [3.05, 3.63) is 94.4 Å². The minimum absolute atomic E-state index is 0.199. The molecule has 0 spiro atoms. The highest BCUT2D eigenvalue weighted by atomic mass is 16.2. The zero-order chi connectivity index (χ0) is 16.1. The molecule has 3 rings (SSSR count). The van der Waals surface area contributed by atoms with Crippen molar-refractivity contribution in [2.75, 3.05) is 0 Å². The third-order valence-electron chi connectivity index (χ3n) is 3.33. The summed E-state index contributed by atoms with van der Waals surface area (Å²) in [6.45, 7) is 0.409. The molecule has 1 amide bonds. The molecule has 0 aliphatic heterocycles. The van der Waals surface area contributed by atoms with Crippen molar-refractivity contribution < 1.29 is 4.79 Å². The first-order valence-corrected chi connectivity index (χ1v) is 7.22. The summed E-state index contributed by atoms with van der Waals surface area (Å²) in [5, 5.41) is 6.94. The SMILES string of the molecule is O=C(NCc1ccccc1)c1ccc(=O)n(-c2ccccc2)n1. The zero-order valence-corrected chi connectivity index (χ0v) is 12.3. The second kappa shape index (κ2) is 6.70. The summed E-state index contributed by atoms with van der Waals surface area (Å²) in [5.74, 6) is -0.321. The molecular formula is C18H15N3O2. The number of benzene rings is 2. The van der Waals surface area contributed by atoms with E-state index >= 15 is 0 Å². The van der Waals surface area contributed by atoms with Gasteiger partial charge in [0.25, 0.3) is 11.5 Å². The molecule has 0 saturated heterocycles.